The fraction of sp³-hybridized carbons (Fsp3) is 0.176. The zero-order valence-electron chi connectivity index (χ0n) is 12.2. The first kappa shape index (κ1) is 14.5. The highest BCUT2D eigenvalue weighted by Gasteiger charge is 2.29. The van der Waals surface area contributed by atoms with Crippen LogP contribution in [0.5, 0.6) is 0 Å². The Hall–Kier alpha value is -2.04. The second-order valence-corrected chi connectivity index (χ2v) is 6.37. The summed E-state index contributed by atoms with van der Waals surface area (Å²) in [5, 5.41) is 4.27. The molecule has 0 bridgehead atoms. The summed E-state index contributed by atoms with van der Waals surface area (Å²) in [6.45, 7) is 2.01. The van der Waals surface area contributed by atoms with Gasteiger partial charge in [0.1, 0.15) is 24.1 Å². The first-order valence-electron chi connectivity index (χ1n) is 7.38. The number of hydrogen-bond acceptors (Lipinski definition) is 2. The third-order valence-electron chi connectivity index (χ3n) is 4.13. The molecule has 1 N–H and O–H groups in total. The summed E-state index contributed by atoms with van der Waals surface area (Å²) >= 11 is 12.1. The lowest BCUT2D eigenvalue weighted by Crippen LogP contribution is -2.29. The number of rotatable bonds is 3. The van der Waals surface area contributed by atoms with Crippen LogP contribution in [0.25, 0.3) is 11.0 Å². The SMILES string of the molecule is O=C(Cn1c2[n+](c3ccccc31)CCN2)c1ccc(Cl)cc1Cl. The number of halogens is 2. The molecule has 0 atom stereocenters. The molecule has 0 fully saturated rings. The van der Waals surface area contributed by atoms with E-state index in [1.165, 1.54) is 0 Å². The van der Waals surface area contributed by atoms with Crippen molar-refractivity contribution in [2.45, 2.75) is 13.1 Å². The van der Waals surface area contributed by atoms with Crippen LogP contribution in [0.3, 0.4) is 0 Å². The Morgan fingerprint density at radius 3 is 2.87 bits per heavy atom. The number of hydrogen-bond donors (Lipinski definition) is 1. The van der Waals surface area contributed by atoms with Gasteiger partial charge in [-0.05, 0) is 30.3 Å². The van der Waals surface area contributed by atoms with Crippen LogP contribution in [0, 0.1) is 0 Å². The molecule has 4 nitrogen and oxygen atoms in total. The van der Waals surface area contributed by atoms with Gasteiger partial charge in [0, 0.05) is 10.6 Å². The van der Waals surface area contributed by atoms with E-state index in [0.717, 1.165) is 30.1 Å². The maximum Gasteiger partial charge on any atom is 0.359 e. The van der Waals surface area contributed by atoms with E-state index in [0.29, 0.717) is 15.6 Å². The number of nitrogens with zero attached hydrogens (tertiary/aromatic N) is 2. The molecule has 1 aliphatic heterocycles. The quantitative estimate of drug-likeness (QED) is 0.581. The third kappa shape index (κ3) is 2.38. The van der Waals surface area contributed by atoms with E-state index >= 15 is 0 Å². The Morgan fingerprint density at radius 1 is 1.22 bits per heavy atom. The summed E-state index contributed by atoms with van der Waals surface area (Å²) in [6.07, 6.45) is 0. The van der Waals surface area contributed by atoms with E-state index in [2.05, 4.69) is 16.0 Å². The molecule has 4 rings (SSSR count). The van der Waals surface area contributed by atoms with Crippen molar-refractivity contribution in [1.82, 2.24) is 4.57 Å². The Labute approximate surface area is 143 Å². The van der Waals surface area contributed by atoms with Gasteiger partial charge in [-0.25, -0.2) is 9.13 Å². The number of carbonyl (C=O) groups excluding carboxylic acids is 1. The highest BCUT2D eigenvalue weighted by molar-refractivity contribution is 6.36. The van der Waals surface area contributed by atoms with Gasteiger partial charge < -0.3 is 0 Å². The molecule has 0 saturated heterocycles. The summed E-state index contributed by atoms with van der Waals surface area (Å²) in [5.74, 6) is 0.925. The highest BCUT2D eigenvalue weighted by Crippen LogP contribution is 2.24. The topological polar surface area (TPSA) is 37.9 Å². The van der Waals surface area contributed by atoms with E-state index in [4.69, 9.17) is 23.2 Å². The van der Waals surface area contributed by atoms with Crippen molar-refractivity contribution < 1.29 is 9.36 Å². The van der Waals surface area contributed by atoms with Gasteiger partial charge in [0.15, 0.2) is 5.78 Å². The van der Waals surface area contributed by atoms with E-state index in [9.17, 15) is 4.79 Å². The van der Waals surface area contributed by atoms with Gasteiger partial charge in [-0.15, -0.1) is 0 Å². The van der Waals surface area contributed by atoms with Crippen molar-refractivity contribution in [1.29, 1.82) is 0 Å². The highest BCUT2D eigenvalue weighted by atomic mass is 35.5. The second kappa shape index (κ2) is 5.55. The average Bonchev–Trinajstić information content (AvgIpc) is 3.10. The normalized spacial score (nSPS) is 13.1. The minimum Gasteiger partial charge on any atom is -0.290 e. The van der Waals surface area contributed by atoms with Crippen molar-refractivity contribution in [2.75, 3.05) is 11.9 Å². The molecular weight excluding hydrogens is 333 g/mol. The number of aromatic nitrogens is 2. The molecule has 1 aliphatic rings. The number of ketones is 1. The summed E-state index contributed by atoms with van der Waals surface area (Å²) in [6, 6.07) is 13.1. The van der Waals surface area contributed by atoms with Gasteiger partial charge in [-0.3, -0.25) is 10.1 Å². The average molecular weight is 347 g/mol. The zero-order chi connectivity index (χ0) is 16.0. The number of Topliss-reactive ketones (excluding diaryl/α,β-unsaturated/α-hetero) is 1. The largest absolute Gasteiger partial charge is 0.359 e. The van der Waals surface area contributed by atoms with Gasteiger partial charge in [0.25, 0.3) is 0 Å². The second-order valence-electron chi connectivity index (χ2n) is 5.52. The molecule has 23 heavy (non-hydrogen) atoms. The summed E-state index contributed by atoms with van der Waals surface area (Å²) in [4.78, 5) is 12.7. The van der Waals surface area contributed by atoms with Gasteiger partial charge in [-0.2, -0.15) is 0 Å². The fourth-order valence-corrected chi connectivity index (χ4v) is 3.61. The zero-order valence-corrected chi connectivity index (χ0v) is 13.7. The molecule has 0 amide bonds. The van der Waals surface area contributed by atoms with Gasteiger partial charge >= 0.3 is 5.95 Å². The maximum atomic E-state index is 12.7. The molecule has 0 radical (unpaired) electrons. The Balaban J connectivity index is 1.77. The van der Waals surface area contributed by atoms with Gasteiger partial charge in [0.05, 0.1) is 11.6 Å². The van der Waals surface area contributed by atoms with Crippen LogP contribution in [0.2, 0.25) is 10.0 Å². The molecule has 2 heterocycles. The number of para-hydroxylation sites is 2. The summed E-state index contributed by atoms with van der Waals surface area (Å²) < 4.78 is 4.21. The van der Waals surface area contributed by atoms with E-state index in [-0.39, 0.29) is 12.3 Å². The number of imidazole rings is 1. The smallest absolute Gasteiger partial charge is 0.290 e. The van der Waals surface area contributed by atoms with Crippen LogP contribution in [0.4, 0.5) is 5.95 Å². The molecule has 1 aromatic heterocycles. The number of benzene rings is 2. The molecule has 0 unspecified atom stereocenters. The minimum absolute atomic E-state index is 0.0375. The van der Waals surface area contributed by atoms with Crippen molar-refractivity contribution in [2.24, 2.45) is 0 Å². The van der Waals surface area contributed by atoms with Crippen molar-refractivity contribution in [3.63, 3.8) is 0 Å². The van der Waals surface area contributed by atoms with Crippen molar-refractivity contribution >= 4 is 46.0 Å². The standard InChI is InChI=1S/C17H13Cl2N3O/c18-11-5-6-12(13(19)9-11)16(23)10-22-15-4-2-1-3-14(15)21-8-7-20-17(21)22/h1-6,9H,7-8,10H2/p+1. The predicted octanol–water partition coefficient (Wildman–Crippen LogP) is 3.54. The summed E-state index contributed by atoms with van der Waals surface area (Å²) in [7, 11) is 0. The number of anilines is 1. The van der Waals surface area contributed by atoms with Crippen LogP contribution < -0.4 is 9.88 Å². The van der Waals surface area contributed by atoms with E-state index < -0.39 is 0 Å². The van der Waals surface area contributed by atoms with Crippen LogP contribution in [0.15, 0.2) is 42.5 Å². The van der Waals surface area contributed by atoms with Crippen molar-refractivity contribution in [3.8, 4) is 0 Å². The fourth-order valence-electron chi connectivity index (χ4n) is 3.10. The lowest BCUT2D eigenvalue weighted by Gasteiger charge is -2.05. The number of nitrogens with one attached hydrogen (secondary N) is 1. The Kier molecular flexibility index (Phi) is 3.51. The molecule has 0 saturated carbocycles. The number of carbonyl (C=O) groups is 1. The number of fused-ring (bicyclic) bond motifs is 3. The van der Waals surface area contributed by atoms with Crippen molar-refractivity contribution in [3.05, 3.63) is 58.1 Å². The Bertz CT molecular complexity index is 933. The van der Waals surface area contributed by atoms with Crippen LogP contribution >= 0.6 is 23.2 Å². The molecule has 2 aromatic carbocycles. The molecule has 0 spiro atoms. The lowest BCUT2D eigenvalue weighted by atomic mass is 10.1. The monoisotopic (exact) mass is 346 g/mol. The lowest BCUT2D eigenvalue weighted by molar-refractivity contribution is -0.644. The van der Waals surface area contributed by atoms with Gasteiger partial charge in [-0.1, -0.05) is 35.3 Å². The van der Waals surface area contributed by atoms with Gasteiger partial charge in [0.2, 0.25) is 0 Å². The first-order valence-corrected chi connectivity index (χ1v) is 8.14. The van der Waals surface area contributed by atoms with Crippen LogP contribution in [0.1, 0.15) is 10.4 Å². The third-order valence-corrected chi connectivity index (χ3v) is 4.67. The molecule has 116 valence electrons. The molecular formula is C17H14Cl2N3O+. The first-order chi connectivity index (χ1) is 11.1. The van der Waals surface area contributed by atoms with Crippen LogP contribution in [-0.4, -0.2) is 16.9 Å². The molecule has 0 aliphatic carbocycles. The molecule has 3 aromatic rings. The minimum atomic E-state index is -0.0375. The summed E-state index contributed by atoms with van der Waals surface area (Å²) in [5.41, 5.74) is 2.65. The van der Waals surface area contributed by atoms with E-state index in [1.807, 2.05) is 22.8 Å². The predicted molar refractivity (Wildman–Crippen MR) is 91.4 cm³/mol. The van der Waals surface area contributed by atoms with E-state index in [1.54, 1.807) is 18.2 Å². The maximum absolute atomic E-state index is 12.7. The molecule has 6 heteroatoms. The van der Waals surface area contributed by atoms with Crippen LogP contribution in [-0.2, 0) is 13.1 Å². The Morgan fingerprint density at radius 2 is 2.04 bits per heavy atom.